The summed E-state index contributed by atoms with van der Waals surface area (Å²) in [6.45, 7) is 2.75. The number of hydrogen-bond acceptors (Lipinski definition) is 6. The van der Waals surface area contributed by atoms with E-state index in [1.165, 1.54) is 43.5 Å². The first-order chi connectivity index (χ1) is 15.5. The number of piperidine rings is 2. The number of nitrogens with zero attached hydrogens (tertiary/aromatic N) is 2. The molecule has 0 radical (unpaired) electrons. The molecule has 176 valence electrons. The smallest absolute Gasteiger partial charge is 0.338 e. The van der Waals surface area contributed by atoms with Crippen LogP contribution in [0.25, 0.3) is 0 Å². The molecule has 33 heavy (non-hydrogen) atoms. The number of rotatable bonds is 6. The van der Waals surface area contributed by atoms with Crippen molar-refractivity contribution in [1.82, 2.24) is 4.90 Å². The van der Waals surface area contributed by atoms with Gasteiger partial charge in [-0.05, 0) is 75.2 Å². The van der Waals surface area contributed by atoms with Crippen molar-refractivity contribution in [3.05, 3.63) is 69.8 Å². The van der Waals surface area contributed by atoms with Crippen molar-refractivity contribution in [2.75, 3.05) is 25.0 Å². The molecule has 2 fully saturated rings. The van der Waals surface area contributed by atoms with Gasteiger partial charge in [0.25, 0.3) is 11.6 Å². The highest BCUT2D eigenvalue weighted by Gasteiger charge is 2.33. The Morgan fingerprint density at radius 1 is 0.970 bits per heavy atom. The number of carbonyl (C=O) groups is 2. The van der Waals surface area contributed by atoms with E-state index in [1.807, 2.05) is 0 Å². The lowest BCUT2D eigenvalue weighted by Crippen LogP contribution is -2.49. The van der Waals surface area contributed by atoms with Gasteiger partial charge < -0.3 is 10.1 Å². The molecule has 9 heteroatoms. The zero-order chi connectivity index (χ0) is 22.5. The van der Waals surface area contributed by atoms with Crippen LogP contribution in [0, 0.1) is 16.0 Å². The average Bonchev–Trinajstić information content (AvgIpc) is 2.83. The minimum absolute atomic E-state index is 0. The number of carbonyl (C=O) groups excluding carboxylic acids is 2. The molecular weight excluding hydrogens is 446 g/mol. The minimum Gasteiger partial charge on any atom is -0.462 e. The van der Waals surface area contributed by atoms with E-state index in [-0.39, 0.29) is 30.0 Å². The van der Waals surface area contributed by atoms with Crippen molar-refractivity contribution in [1.29, 1.82) is 0 Å². The van der Waals surface area contributed by atoms with Crippen molar-refractivity contribution in [3.8, 4) is 0 Å². The van der Waals surface area contributed by atoms with Crippen LogP contribution in [0.4, 0.5) is 11.4 Å². The van der Waals surface area contributed by atoms with Crippen LogP contribution in [0.5, 0.6) is 0 Å². The Labute approximate surface area is 198 Å². The standard InChI is InChI=1S/C24H27N3O5.ClH/c28-23(17-8-12-21(13-9-17)27(30)31)25-20-10-6-18(7-11-20)24(29)32-16-19-4-3-15-26-14-2-1-5-22(19)26;/h6-13,19,22H,1-5,14-16H2,(H,25,28);1H/t19-,22+;/m0./s1. The summed E-state index contributed by atoms with van der Waals surface area (Å²) in [5.41, 5.74) is 1.20. The number of non-ortho nitro benzene ring substituents is 1. The van der Waals surface area contributed by atoms with Crippen LogP contribution in [-0.2, 0) is 4.74 Å². The van der Waals surface area contributed by atoms with Crippen molar-refractivity contribution in [2.24, 2.45) is 5.92 Å². The second-order valence-electron chi connectivity index (χ2n) is 8.44. The number of anilines is 1. The third-order valence-electron chi connectivity index (χ3n) is 6.38. The molecule has 1 N–H and O–H groups in total. The Balaban J connectivity index is 0.00000306. The monoisotopic (exact) mass is 473 g/mol. The summed E-state index contributed by atoms with van der Waals surface area (Å²) < 4.78 is 5.63. The summed E-state index contributed by atoms with van der Waals surface area (Å²) >= 11 is 0. The predicted octanol–water partition coefficient (Wildman–Crippen LogP) is 4.69. The molecule has 0 bridgehead atoms. The maximum atomic E-state index is 12.5. The summed E-state index contributed by atoms with van der Waals surface area (Å²) in [5, 5.41) is 13.4. The lowest BCUT2D eigenvalue weighted by atomic mass is 9.84. The van der Waals surface area contributed by atoms with E-state index < -0.39 is 4.92 Å². The summed E-state index contributed by atoms with van der Waals surface area (Å²) in [5.74, 6) is -0.344. The number of ether oxygens (including phenoxy) is 1. The number of amides is 1. The number of benzene rings is 2. The molecule has 8 nitrogen and oxygen atoms in total. The van der Waals surface area contributed by atoms with Crippen LogP contribution in [0.3, 0.4) is 0 Å². The van der Waals surface area contributed by atoms with E-state index in [2.05, 4.69) is 10.2 Å². The SMILES string of the molecule is Cl.O=C(Nc1ccc(C(=O)OC[C@@H]2CCCN3CCCC[C@H]23)cc1)c1ccc([N+](=O)[O-])cc1. The lowest BCUT2D eigenvalue weighted by Gasteiger charge is -2.44. The summed E-state index contributed by atoms with van der Waals surface area (Å²) in [4.78, 5) is 37.6. The maximum absolute atomic E-state index is 12.5. The molecule has 2 aromatic rings. The van der Waals surface area contributed by atoms with Crippen molar-refractivity contribution in [3.63, 3.8) is 0 Å². The highest BCUT2D eigenvalue weighted by molar-refractivity contribution is 6.04. The number of hydrogen-bond donors (Lipinski definition) is 1. The van der Waals surface area contributed by atoms with Crippen molar-refractivity contribution in [2.45, 2.75) is 38.1 Å². The van der Waals surface area contributed by atoms with E-state index >= 15 is 0 Å². The Bertz CT molecular complexity index is 979. The molecule has 2 atom stereocenters. The van der Waals surface area contributed by atoms with Gasteiger partial charge in [0.2, 0.25) is 0 Å². The predicted molar refractivity (Wildman–Crippen MR) is 127 cm³/mol. The normalized spacial score (nSPS) is 20.1. The molecule has 0 aromatic heterocycles. The van der Waals surface area contributed by atoms with Gasteiger partial charge in [0.15, 0.2) is 0 Å². The largest absolute Gasteiger partial charge is 0.462 e. The van der Waals surface area contributed by atoms with Crippen LogP contribution in [0.2, 0.25) is 0 Å². The van der Waals surface area contributed by atoms with Crippen LogP contribution < -0.4 is 5.32 Å². The highest BCUT2D eigenvalue weighted by Crippen LogP contribution is 2.31. The average molecular weight is 474 g/mol. The zero-order valence-corrected chi connectivity index (χ0v) is 19.1. The Morgan fingerprint density at radius 3 is 2.33 bits per heavy atom. The molecule has 1 amide bonds. The van der Waals surface area contributed by atoms with E-state index in [4.69, 9.17) is 4.74 Å². The molecule has 0 spiro atoms. The van der Waals surface area contributed by atoms with Crippen molar-refractivity contribution >= 4 is 35.7 Å². The molecule has 0 aliphatic carbocycles. The Kier molecular flexibility index (Phi) is 8.41. The fourth-order valence-electron chi connectivity index (χ4n) is 4.67. The number of halogens is 1. The van der Waals surface area contributed by atoms with Gasteiger partial charge in [0.1, 0.15) is 0 Å². The first kappa shape index (κ1) is 24.7. The molecule has 2 heterocycles. The first-order valence-corrected chi connectivity index (χ1v) is 11.1. The quantitative estimate of drug-likeness (QED) is 0.371. The first-order valence-electron chi connectivity index (χ1n) is 11.1. The van der Waals surface area contributed by atoms with Gasteiger partial charge in [0.05, 0.1) is 17.1 Å². The number of nitro benzene ring substituents is 1. The second-order valence-corrected chi connectivity index (χ2v) is 8.44. The van der Waals surface area contributed by atoms with Crippen LogP contribution in [-0.4, -0.2) is 47.4 Å². The molecule has 2 aliphatic heterocycles. The molecule has 4 rings (SSSR count). The maximum Gasteiger partial charge on any atom is 0.338 e. The summed E-state index contributed by atoms with van der Waals surface area (Å²) in [6.07, 6.45) is 5.95. The summed E-state index contributed by atoms with van der Waals surface area (Å²) in [7, 11) is 0. The molecule has 2 aromatic carbocycles. The van der Waals surface area contributed by atoms with E-state index in [1.54, 1.807) is 24.3 Å². The van der Waals surface area contributed by atoms with Crippen LogP contribution >= 0.6 is 12.4 Å². The van der Waals surface area contributed by atoms with E-state index in [0.717, 1.165) is 25.9 Å². The van der Waals surface area contributed by atoms with Gasteiger partial charge in [0, 0.05) is 35.3 Å². The Morgan fingerprint density at radius 2 is 1.64 bits per heavy atom. The third-order valence-corrected chi connectivity index (χ3v) is 6.38. The molecule has 2 saturated heterocycles. The lowest BCUT2D eigenvalue weighted by molar-refractivity contribution is -0.384. The molecule has 0 unspecified atom stereocenters. The number of esters is 1. The van der Waals surface area contributed by atoms with Gasteiger partial charge in [-0.15, -0.1) is 12.4 Å². The van der Waals surface area contributed by atoms with Gasteiger partial charge in [-0.3, -0.25) is 19.8 Å². The van der Waals surface area contributed by atoms with E-state index in [9.17, 15) is 19.7 Å². The van der Waals surface area contributed by atoms with Crippen LogP contribution in [0.1, 0.15) is 52.8 Å². The van der Waals surface area contributed by atoms with Crippen LogP contribution in [0.15, 0.2) is 48.5 Å². The van der Waals surface area contributed by atoms with Gasteiger partial charge in [-0.25, -0.2) is 4.79 Å². The zero-order valence-electron chi connectivity index (χ0n) is 18.3. The van der Waals surface area contributed by atoms with Crippen molar-refractivity contribution < 1.29 is 19.2 Å². The topological polar surface area (TPSA) is 102 Å². The molecule has 0 saturated carbocycles. The van der Waals surface area contributed by atoms with Gasteiger partial charge >= 0.3 is 5.97 Å². The highest BCUT2D eigenvalue weighted by atomic mass is 35.5. The fraction of sp³-hybridized carbons (Fsp3) is 0.417. The Hall–Kier alpha value is -2.97. The number of nitro groups is 1. The van der Waals surface area contributed by atoms with Gasteiger partial charge in [-0.1, -0.05) is 6.42 Å². The number of nitrogens with one attached hydrogen (secondary N) is 1. The summed E-state index contributed by atoms with van der Waals surface area (Å²) in [6, 6.07) is 12.4. The second kappa shape index (κ2) is 11.2. The van der Waals surface area contributed by atoms with E-state index in [0.29, 0.717) is 35.4 Å². The minimum atomic E-state index is -0.515. The fourth-order valence-corrected chi connectivity index (χ4v) is 4.67. The van der Waals surface area contributed by atoms with Gasteiger partial charge in [-0.2, -0.15) is 0 Å². The molecule has 2 aliphatic rings. The third kappa shape index (κ3) is 6.09. The number of fused-ring (bicyclic) bond motifs is 1. The molecular formula is C24H28ClN3O5.